The van der Waals surface area contributed by atoms with Crippen molar-refractivity contribution in [3.8, 4) is 0 Å². The quantitative estimate of drug-likeness (QED) is 0.372. The van der Waals surface area contributed by atoms with Crippen molar-refractivity contribution in [2.24, 2.45) is 0 Å². The molecule has 0 unspecified atom stereocenters. The highest BCUT2D eigenvalue weighted by Gasteiger charge is 2.25. The number of anilines is 1. The van der Waals surface area contributed by atoms with Gasteiger partial charge in [-0.05, 0) is 31.2 Å². The van der Waals surface area contributed by atoms with E-state index in [4.69, 9.17) is 16.3 Å². The number of halogens is 1. The van der Waals surface area contributed by atoms with Gasteiger partial charge < -0.3 is 10.1 Å². The maximum Gasteiger partial charge on any atom is 0.329 e. The first-order chi connectivity index (χ1) is 14.9. The van der Waals surface area contributed by atoms with Gasteiger partial charge in [-0.15, -0.1) is 0 Å². The van der Waals surface area contributed by atoms with Crippen molar-refractivity contribution in [1.29, 1.82) is 0 Å². The van der Waals surface area contributed by atoms with Crippen molar-refractivity contribution in [3.63, 3.8) is 0 Å². The molecule has 1 N–H and O–H groups in total. The van der Waals surface area contributed by atoms with Gasteiger partial charge in [-0.1, -0.05) is 71.8 Å². The zero-order valence-corrected chi connectivity index (χ0v) is 17.8. The van der Waals surface area contributed by atoms with Gasteiger partial charge in [0.1, 0.15) is 6.04 Å². The molecule has 6 heteroatoms. The van der Waals surface area contributed by atoms with Crippen LogP contribution in [0.2, 0.25) is 5.02 Å². The first-order valence-corrected chi connectivity index (χ1v) is 10.2. The molecule has 0 amide bonds. The Hall–Kier alpha value is -3.44. The molecule has 158 valence electrons. The van der Waals surface area contributed by atoms with E-state index in [1.807, 2.05) is 25.1 Å². The predicted octanol–water partition coefficient (Wildman–Crippen LogP) is 5.13. The Kier molecular flexibility index (Phi) is 7.57. The summed E-state index contributed by atoms with van der Waals surface area (Å²) in [6, 6.07) is 21.5. The number of benzene rings is 3. The van der Waals surface area contributed by atoms with Gasteiger partial charge in [-0.2, -0.15) is 0 Å². The van der Waals surface area contributed by atoms with E-state index in [2.05, 4.69) is 5.32 Å². The number of carbonyl (C=O) groups excluding carboxylic acids is 3. The molecular formula is C25H22ClNO4. The number of hydrogen-bond donors (Lipinski definition) is 1. The van der Waals surface area contributed by atoms with E-state index < -0.39 is 18.6 Å². The van der Waals surface area contributed by atoms with E-state index in [1.165, 1.54) is 0 Å². The molecule has 31 heavy (non-hydrogen) atoms. The summed E-state index contributed by atoms with van der Waals surface area (Å²) in [5.74, 6) is -1.21. The van der Waals surface area contributed by atoms with Crippen molar-refractivity contribution >= 4 is 34.8 Å². The SMILES string of the molecule is Cc1ccc(C(=O)COC(=O)[C@@H](CC(=O)c2ccccc2)Nc2ccc(Cl)cc2)cc1. The molecule has 5 nitrogen and oxygen atoms in total. The molecule has 3 rings (SSSR count). The standard InChI is InChI=1S/C25H22ClNO4/c1-17-7-9-19(10-8-17)24(29)16-31-25(30)22(27-21-13-11-20(26)12-14-21)15-23(28)18-5-3-2-4-6-18/h2-14,22,27H,15-16H2,1H3/t22-/m1/s1. The smallest absolute Gasteiger partial charge is 0.329 e. The normalized spacial score (nSPS) is 11.4. The van der Waals surface area contributed by atoms with Crippen LogP contribution in [-0.4, -0.2) is 30.2 Å². The number of aryl methyl sites for hydroxylation is 1. The molecule has 0 saturated heterocycles. The average Bonchev–Trinajstić information content (AvgIpc) is 2.79. The molecule has 1 atom stereocenters. The van der Waals surface area contributed by atoms with Crippen molar-refractivity contribution in [2.45, 2.75) is 19.4 Å². The van der Waals surface area contributed by atoms with Crippen LogP contribution in [0.15, 0.2) is 78.9 Å². The van der Waals surface area contributed by atoms with Gasteiger partial charge in [0.2, 0.25) is 0 Å². The largest absolute Gasteiger partial charge is 0.456 e. The lowest BCUT2D eigenvalue weighted by Crippen LogP contribution is -2.34. The summed E-state index contributed by atoms with van der Waals surface area (Å²) in [5.41, 5.74) is 2.59. The predicted molar refractivity (Wildman–Crippen MR) is 121 cm³/mol. The molecule has 0 aromatic heterocycles. The van der Waals surface area contributed by atoms with E-state index >= 15 is 0 Å². The van der Waals surface area contributed by atoms with Crippen molar-refractivity contribution in [3.05, 3.63) is 101 Å². The third kappa shape index (κ3) is 6.52. The van der Waals surface area contributed by atoms with Crippen LogP contribution >= 0.6 is 11.6 Å². The van der Waals surface area contributed by atoms with Gasteiger partial charge in [0, 0.05) is 28.3 Å². The first kappa shape index (κ1) is 22.2. The second kappa shape index (κ2) is 10.5. The zero-order chi connectivity index (χ0) is 22.2. The minimum atomic E-state index is -0.959. The minimum absolute atomic E-state index is 0.121. The summed E-state index contributed by atoms with van der Waals surface area (Å²) in [7, 11) is 0. The molecule has 3 aromatic rings. The van der Waals surface area contributed by atoms with Crippen LogP contribution in [0.5, 0.6) is 0 Å². The second-order valence-electron chi connectivity index (χ2n) is 7.09. The van der Waals surface area contributed by atoms with Gasteiger partial charge >= 0.3 is 5.97 Å². The number of carbonyl (C=O) groups is 3. The molecule has 3 aromatic carbocycles. The lowest BCUT2D eigenvalue weighted by atomic mass is 10.0. The Bertz CT molecular complexity index is 1050. The number of Topliss-reactive ketones (excluding diaryl/α,β-unsaturated/α-hetero) is 2. The fraction of sp³-hybridized carbons (Fsp3) is 0.160. The van der Waals surface area contributed by atoms with E-state index in [9.17, 15) is 14.4 Å². The third-order valence-electron chi connectivity index (χ3n) is 4.67. The van der Waals surface area contributed by atoms with Crippen molar-refractivity contribution in [1.82, 2.24) is 0 Å². The van der Waals surface area contributed by atoms with Crippen LogP contribution in [0.1, 0.15) is 32.7 Å². The summed E-state index contributed by atoms with van der Waals surface area (Å²) in [6.45, 7) is 1.52. The van der Waals surface area contributed by atoms with Gasteiger partial charge in [0.05, 0.1) is 0 Å². The molecule has 0 fully saturated rings. The summed E-state index contributed by atoms with van der Waals surface area (Å²) in [5, 5.41) is 3.56. The first-order valence-electron chi connectivity index (χ1n) is 9.79. The number of esters is 1. The Balaban J connectivity index is 1.70. The maximum absolute atomic E-state index is 12.8. The fourth-order valence-corrected chi connectivity index (χ4v) is 3.05. The van der Waals surface area contributed by atoms with Gasteiger partial charge in [0.15, 0.2) is 18.2 Å². The summed E-state index contributed by atoms with van der Waals surface area (Å²) in [4.78, 5) is 37.8. The van der Waals surface area contributed by atoms with Gasteiger partial charge in [-0.25, -0.2) is 4.79 Å². The Labute approximate surface area is 186 Å². The minimum Gasteiger partial charge on any atom is -0.456 e. The van der Waals surface area contributed by atoms with Crippen molar-refractivity contribution in [2.75, 3.05) is 11.9 Å². The number of ether oxygens (including phenoxy) is 1. The van der Waals surface area contributed by atoms with Gasteiger partial charge in [0.25, 0.3) is 0 Å². The molecule has 0 heterocycles. The van der Waals surface area contributed by atoms with Crippen LogP contribution in [0.4, 0.5) is 5.69 Å². The van der Waals surface area contributed by atoms with Crippen LogP contribution in [-0.2, 0) is 9.53 Å². The van der Waals surface area contributed by atoms with Gasteiger partial charge in [-0.3, -0.25) is 9.59 Å². The molecule has 0 aliphatic rings. The summed E-state index contributed by atoms with van der Waals surface area (Å²) < 4.78 is 5.25. The zero-order valence-electron chi connectivity index (χ0n) is 17.0. The number of ketones is 2. The molecule has 0 spiro atoms. The van der Waals surface area contributed by atoms with E-state index in [0.29, 0.717) is 21.8 Å². The molecular weight excluding hydrogens is 414 g/mol. The lowest BCUT2D eigenvalue weighted by Gasteiger charge is -2.18. The van der Waals surface area contributed by atoms with Crippen LogP contribution < -0.4 is 5.32 Å². The molecule has 0 aliphatic heterocycles. The van der Waals surface area contributed by atoms with Crippen LogP contribution in [0, 0.1) is 6.92 Å². The third-order valence-corrected chi connectivity index (χ3v) is 4.93. The Morgan fingerprint density at radius 3 is 2.10 bits per heavy atom. The topological polar surface area (TPSA) is 72.5 Å². The molecule has 0 saturated carbocycles. The Morgan fingerprint density at radius 2 is 1.45 bits per heavy atom. The lowest BCUT2D eigenvalue weighted by molar-refractivity contribution is -0.143. The second-order valence-corrected chi connectivity index (χ2v) is 7.53. The number of hydrogen-bond acceptors (Lipinski definition) is 5. The highest BCUT2D eigenvalue weighted by molar-refractivity contribution is 6.30. The van der Waals surface area contributed by atoms with E-state index in [0.717, 1.165) is 5.56 Å². The number of rotatable bonds is 9. The van der Waals surface area contributed by atoms with E-state index in [-0.39, 0.29) is 18.0 Å². The Morgan fingerprint density at radius 1 is 0.839 bits per heavy atom. The average molecular weight is 436 g/mol. The highest BCUT2D eigenvalue weighted by Crippen LogP contribution is 2.17. The van der Waals surface area contributed by atoms with Crippen LogP contribution in [0.25, 0.3) is 0 Å². The fourth-order valence-electron chi connectivity index (χ4n) is 2.93. The summed E-state index contributed by atoms with van der Waals surface area (Å²) in [6.07, 6.45) is -0.121. The van der Waals surface area contributed by atoms with Crippen LogP contribution in [0.3, 0.4) is 0 Å². The maximum atomic E-state index is 12.8. The number of nitrogens with one attached hydrogen (secondary N) is 1. The monoisotopic (exact) mass is 435 g/mol. The van der Waals surface area contributed by atoms with Crippen molar-refractivity contribution < 1.29 is 19.1 Å². The highest BCUT2D eigenvalue weighted by atomic mass is 35.5. The molecule has 0 bridgehead atoms. The van der Waals surface area contributed by atoms with E-state index in [1.54, 1.807) is 60.7 Å². The summed E-state index contributed by atoms with van der Waals surface area (Å²) >= 11 is 5.92. The molecule has 0 aliphatic carbocycles. The molecule has 0 radical (unpaired) electrons.